The number of likely N-dealkylation sites (tertiary alicyclic amines) is 1. The Morgan fingerprint density at radius 3 is 2.63 bits per heavy atom. The molecule has 2 atom stereocenters. The van der Waals surface area contributed by atoms with Gasteiger partial charge in [0.15, 0.2) is 11.6 Å². The van der Waals surface area contributed by atoms with Gasteiger partial charge in [-0.2, -0.15) is 0 Å². The molecule has 2 heterocycles. The van der Waals surface area contributed by atoms with Crippen molar-refractivity contribution in [3.63, 3.8) is 0 Å². The van der Waals surface area contributed by atoms with Gasteiger partial charge in [0.1, 0.15) is 0 Å². The summed E-state index contributed by atoms with van der Waals surface area (Å²) in [7, 11) is 1.59. The largest absolute Gasteiger partial charge is 0.371 e. The Hall–Kier alpha value is -1.65. The Kier molecular flexibility index (Phi) is 4.02. The number of carbonyl (C=O) groups excluding carboxylic acids is 1. The van der Waals surface area contributed by atoms with Crippen LogP contribution in [-0.4, -0.2) is 34.9 Å². The zero-order chi connectivity index (χ0) is 14.0. The van der Waals surface area contributed by atoms with Crippen LogP contribution in [0.1, 0.15) is 43.5 Å². The van der Waals surface area contributed by atoms with Gasteiger partial charge in [-0.3, -0.25) is 4.79 Å². The lowest BCUT2D eigenvalue weighted by Gasteiger charge is -2.39. The number of halogens is 1. The Bertz CT molecular complexity index is 468. The van der Waals surface area contributed by atoms with Gasteiger partial charge in [0.05, 0.1) is 5.56 Å². The van der Waals surface area contributed by atoms with Gasteiger partial charge in [-0.1, -0.05) is 0 Å². The monoisotopic (exact) mass is 265 g/mol. The van der Waals surface area contributed by atoms with Gasteiger partial charge in [0, 0.05) is 25.3 Å². The molecule has 1 saturated heterocycles. The standard InChI is InChI=1S/C14H20FN3O/c1-9-5-4-6-10(2)18(9)14(19)11-7-8-17-13(16-3)12(11)15/h7-10H,4-6H2,1-3H3,(H,16,17)/t9-,10+. The molecule has 5 heteroatoms. The number of nitrogens with zero attached hydrogens (tertiary/aromatic N) is 2. The first-order chi connectivity index (χ1) is 9.06. The lowest BCUT2D eigenvalue weighted by atomic mass is 9.96. The zero-order valence-corrected chi connectivity index (χ0v) is 11.6. The molecule has 2 rings (SSSR count). The van der Waals surface area contributed by atoms with Crippen molar-refractivity contribution in [3.8, 4) is 0 Å². The third-order valence-electron chi connectivity index (χ3n) is 3.78. The number of carbonyl (C=O) groups is 1. The summed E-state index contributed by atoms with van der Waals surface area (Å²) in [6.07, 6.45) is 4.53. The highest BCUT2D eigenvalue weighted by atomic mass is 19.1. The molecule has 0 radical (unpaired) electrons. The van der Waals surface area contributed by atoms with Crippen LogP contribution in [0.3, 0.4) is 0 Å². The molecule has 19 heavy (non-hydrogen) atoms. The number of hydrogen-bond donors (Lipinski definition) is 1. The summed E-state index contributed by atoms with van der Waals surface area (Å²) in [6, 6.07) is 1.76. The van der Waals surface area contributed by atoms with Crippen LogP contribution in [0.4, 0.5) is 10.2 Å². The molecule has 4 nitrogen and oxygen atoms in total. The Morgan fingerprint density at radius 2 is 2.05 bits per heavy atom. The fraction of sp³-hybridized carbons (Fsp3) is 0.571. The van der Waals surface area contributed by atoms with Crippen molar-refractivity contribution in [2.24, 2.45) is 0 Å². The normalized spacial score (nSPS) is 23.3. The predicted octanol–water partition coefficient (Wildman–Crippen LogP) is 2.67. The molecule has 0 aromatic carbocycles. The highest BCUT2D eigenvalue weighted by Gasteiger charge is 2.31. The van der Waals surface area contributed by atoms with E-state index in [0.717, 1.165) is 19.3 Å². The van der Waals surface area contributed by atoms with Crippen LogP contribution >= 0.6 is 0 Å². The molecule has 1 aliphatic rings. The summed E-state index contributed by atoms with van der Waals surface area (Å²) >= 11 is 0. The summed E-state index contributed by atoms with van der Waals surface area (Å²) in [4.78, 5) is 18.2. The third kappa shape index (κ3) is 2.55. The fourth-order valence-electron chi connectivity index (χ4n) is 2.74. The Morgan fingerprint density at radius 1 is 1.42 bits per heavy atom. The van der Waals surface area contributed by atoms with Crippen molar-refractivity contribution in [2.45, 2.75) is 45.2 Å². The first-order valence-corrected chi connectivity index (χ1v) is 6.71. The van der Waals surface area contributed by atoms with E-state index < -0.39 is 5.82 Å². The van der Waals surface area contributed by atoms with Crippen LogP contribution in [0, 0.1) is 5.82 Å². The van der Waals surface area contributed by atoms with E-state index in [9.17, 15) is 9.18 Å². The van der Waals surface area contributed by atoms with E-state index in [1.807, 2.05) is 13.8 Å². The van der Waals surface area contributed by atoms with Crippen molar-refractivity contribution in [3.05, 3.63) is 23.6 Å². The van der Waals surface area contributed by atoms with Gasteiger partial charge in [0.25, 0.3) is 5.91 Å². The van der Waals surface area contributed by atoms with Crippen molar-refractivity contribution in [1.82, 2.24) is 9.88 Å². The highest BCUT2D eigenvalue weighted by molar-refractivity contribution is 5.95. The number of hydrogen-bond acceptors (Lipinski definition) is 3. The highest BCUT2D eigenvalue weighted by Crippen LogP contribution is 2.26. The first-order valence-electron chi connectivity index (χ1n) is 6.71. The van der Waals surface area contributed by atoms with Gasteiger partial charge in [-0.25, -0.2) is 9.37 Å². The molecule has 1 fully saturated rings. The number of nitrogens with one attached hydrogen (secondary N) is 1. The van der Waals surface area contributed by atoms with Crippen LogP contribution in [0.5, 0.6) is 0 Å². The first kappa shape index (κ1) is 13.8. The summed E-state index contributed by atoms with van der Waals surface area (Å²) in [5, 5.41) is 2.66. The number of pyridine rings is 1. The predicted molar refractivity (Wildman–Crippen MR) is 72.7 cm³/mol. The molecule has 1 amide bonds. The van der Waals surface area contributed by atoms with E-state index in [4.69, 9.17) is 0 Å². The number of amides is 1. The number of aromatic nitrogens is 1. The number of rotatable bonds is 2. The molecule has 104 valence electrons. The zero-order valence-electron chi connectivity index (χ0n) is 11.6. The molecule has 1 aliphatic heterocycles. The lowest BCUT2D eigenvalue weighted by Crippen LogP contribution is -2.47. The molecule has 0 unspecified atom stereocenters. The van der Waals surface area contributed by atoms with E-state index in [0.29, 0.717) is 0 Å². The molecule has 1 aromatic heterocycles. The average molecular weight is 265 g/mol. The van der Waals surface area contributed by atoms with E-state index in [-0.39, 0.29) is 29.4 Å². The van der Waals surface area contributed by atoms with Crippen molar-refractivity contribution in [1.29, 1.82) is 0 Å². The molecular formula is C14H20FN3O. The van der Waals surface area contributed by atoms with E-state index in [2.05, 4.69) is 10.3 Å². The van der Waals surface area contributed by atoms with E-state index >= 15 is 0 Å². The van der Waals surface area contributed by atoms with Gasteiger partial charge in [-0.05, 0) is 39.2 Å². The quantitative estimate of drug-likeness (QED) is 0.894. The Balaban J connectivity index is 2.33. The fourth-order valence-corrected chi connectivity index (χ4v) is 2.74. The molecular weight excluding hydrogens is 245 g/mol. The van der Waals surface area contributed by atoms with Crippen LogP contribution in [0.25, 0.3) is 0 Å². The van der Waals surface area contributed by atoms with Gasteiger partial charge < -0.3 is 10.2 Å². The van der Waals surface area contributed by atoms with E-state index in [1.54, 1.807) is 11.9 Å². The van der Waals surface area contributed by atoms with Gasteiger partial charge in [0.2, 0.25) is 0 Å². The molecule has 1 N–H and O–H groups in total. The molecule has 0 spiro atoms. The second kappa shape index (κ2) is 5.55. The van der Waals surface area contributed by atoms with Crippen LogP contribution in [0.2, 0.25) is 0 Å². The summed E-state index contributed by atoms with van der Waals surface area (Å²) in [5.74, 6) is -0.695. The molecule has 0 saturated carbocycles. The topological polar surface area (TPSA) is 45.2 Å². The molecule has 0 aliphatic carbocycles. The third-order valence-corrected chi connectivity index (χ3v) is 3.78. The summed E-state index contributed by atoms with van der Waals surface area (Å²) in [6.45, 7) is 4.04. The van der Waals surface area contributed by atoms with Crippen molar-refractivity contribution in [2.75, 3.05) is 12.4 Å². The van der Waals surface area contributed by atoms with Crippen molar-refractivity contribution >= 4 is 11.7 Å². The molecule has 1 aromatic rings. The van der Waals surface area contributed by atoms with Crippen molar-refractivity contribution < 1.29 is 9.18 Å². The number of piperidine rings is 1. The molecule has 0 bridgehead atoms. The second-order valence-corrected chi connectivity index (χ2v) is 5.11. The van der Waals surface area contributed by atoms with Crippen LogP contribution in [0.15, 0.2) is 12.3 Å². The van der Waals surface area contributed by atoms with Crippen LogP contribution < -0.4 is 5.32 Å². The SMILES string of the molecule is CNc1nccc(C(=O)N2[C@H](C)CCC[C@@H]2C)c1F. The second-order valence-electron chi connectivity index (χ2n) is 5.11. The maximum Gasteiger partial charge on any atom is 0.257 e. The smallest absolute Gasteiger partial charge is 0.257 e. The minimum atomic E-state index is -0.569. The number of anilines is 1. The van der Waals surface area contributed by atoms with Crippen LogP contribution in [-0.2, 0) is 0 Å². The Labute approximate surface area is 113 Å². The van der Waals surface area contributed by atoms with Gasteiger partial charge >= 0.3 is 0 Å². The van der Waals surface area contributed by atoms with E-state index in [1.165, 1.54) is 12.3 Å². The lowest BCUT2D eigenvalue weighted by molar-refractivity contribution is 0.0506. The van der Waals surface area contributed by atoms with Gasteiger partial charge in [-0.15, -0.1) is 0 Å². The maximum atomic E-state index is 14.2. The summed E-state index contributed by atoms with van der Waals surface area (Å²) in [5.41, 5.74) is 0.0972. The minimum absolute atomic E-state index is 0.0972. The maximum absolute atomic E-state index is 14.2. The summed E-state index contributed by atoms with van der Waals surface area (Å²) < 4.78 is 14.2. The minimum Gasteiger partial charge on any atom is -0.371 e. The average Bonchev–Trinajstić information content (AvgIpc) is 2.38.